The summed E-state index contributed by atoms with van der Waals surface area (Å²) in [6.07, 6.45) is 10.7. The normalized spacial score (nSPS) is 53.2. The first-order valence-corrected chi connectivity index (χ1v) is 19.0. The first kappa shape index (κ1) is 37.4. The Morgan fingerprint density at radius 2 is 0.896 bits per heavy atom. The van der Waals surface area contributed by atoms with E-state index in [-0.39, 0.29) is 37.9 Å². The van der Waals surface area contributed by atoms with Gasteiger partial charge in [0, 0.05) is 11.8 Å². The lowest BCUT2D eigenvalue weighted by molar-refractivity contribution is -0.298. The number of aliphatic hydroxyl groups is 6. The standard InChI is InChI=1S/C19H32O5.C18H30O5.CH4/c1-11-15(10-20)24-18(17(22)16(11)21)23-3-2-19-7-12-4-13(8-19)6-14(5-12)9-19;1-10-14(8-19)23-17(16(21)15(10)20)22-9-18-5-11-2-12(6-18)4-13(3-11)7-18;/h11-18,20-22H,2-10H2,1H3;10-17,19-21H,2-9H2,1H3;1H4/t11-,12?,13?,14?,15?,16?,17+,18-,19?;10-,11?,12?,13?,14?,15?,16+,17-,18?;/m00./s1. The quantitative estimate of drug-likeness (QED) is 0.212. The predicted molar refractivity (Wildman–Crippen MR) is 178 cm³/mol. The predicted octanol–water partition coefficient (Wildman–Crippen LogP) is 3.62. The summed E-state index contributed by atoms with van der Waals surface area (Å²) in [7, 11) is 0. The molecule has 8 bridgehead atoms. The lowest BCUT2D eigenvalue weighted by atomic mass is 9.49. The van der Waals surface area contributed by atoms with Crippen LogP contribution in [0.4, 0.5) is 0 Å². The molecule has 6 N–H and O–H groups in total. The Labute approximate surface area is 287 Å². The number of hydrogen-bond donors (Lipinski definition) is 6. The van der Waals surface area contributed by atoms with Crippen LogP contribution in [0.5, 0.6) is 0 Å². The van der Waals surface area contributed by atoms with E-state index in [9.17, 15) is 30.6 Å². The maximum absolute atomic E-state index is 10.3. The fourth-order valence-electron chi connectivity index (χ4n) is 12.5. The average Bonchev–Trinajstić information content (AvgIpc) is 3.02. The molecular formula is C38H66O10. The highest BCUT2D eigenvalue weighted by atomic mass is 16.7. The van der Waals surface area contributed by atoms with Crippen LogP contribution >= 0.6 is 0 Å². The minimum Gasteiger partial charge on any atom is -0.394 e. The lowest BCUT2D eigenvalue weighted by Gasteiger charge is -2.57. The van der Waals surface area contributed by atoms with Gasteiger partial charge < -0.3 is 49.6 Å². The van der Waals surface area contributed by atoms with Gasteiger partial charge in [0.2, 0.25) is 0 Å². The average molecular weight is 683 g/mol. The Hall–Kier alpha value is -0.400. The second-order valence-corrected chi connectivity index (χ2v) is 17.9. The molecule has 2 heterocycles. The van der Waals surface area contributed by atoms with E-state index in [1.807, 2.05) is 0 Å². The van der Waals surface area contributed by atoms with Gasteiger partial charge in [-0.1, -0.05) is 21.3 Å². The highest BCUT2D eigenvalue weighted by Gasteiger charge is 2.53. The molecule has 48 heavy (non-hydrogen) atoms. The molecule has 0 radical (unpaired) electrons. The maximum Gasteiger partial charge on any atom is 0.186 e. The molecule has 10 fully saturated rings. The van der Waals surface area contributed by atoms with Gasteiger partial charge in [-0.2, -0.15) is 0 Å². The van der Waals surface area contributed by atoms with E-state index in [1.54, 1.807) is 13.8 Å². The van der Waals surface area contributed by atoms with Gasteiger partial charge in [-0.15, -0.1) is 0 Å². The van der Waals surface area contributed by atoms with Crippen LogP contribution in [-0.4, -0.2) is 106 Å². The van der Waals surface area contributed by atoms with Gasteiger partial charge in [-0.25, -0.2) is 0 Å². The minimum atomic E-state index is -1.04. The van der Waals surface area contributed by atoms with Crippen molar-refractivity contribution in [3.8, 4) is 0 Å². The van der Waals surface area contributed by atoms with Gasteiger partial charge in [-0.05, 0) is 130 Å². The van der Waals surface area contributed by atoms with Gasteiger partial charge in [-0.3, -0.25) is 0 Å². The molecule has 0 aromatic carbocycles. The van der Waals surface area contributed by atoms with Crippen LogP contribution in [0.1, 0.15) is 105 Å². The molecule has 0 aromatic rings. The van der Waals surface area contributed by atoms with Crippen LogP contribution in [0, 0.1) is 58.2 Å². The van der Waals surface area contributed by atoms with Crippen molar-refractivity contribution in [1.82, 2.24) is 0 Å². The van der Waals surface area contributed by atoms with Crippen molar-refractivity contribution in [2.24, 2.45) is 58.2 Å². The third kappa shape index (κ3) is 7.42. The second kappa shape index (κ2) is 14.9. The summed E-state index contributed by atoms with van der Waals surface area (Å²) in [5, 5.41) is 59.5. The summed E-state index contributed by atoms with van der Waals surface area (Å²) in [6.45, 7) is 4.40. The summed E-state index contributed by atoms with van der Waals surface area (Å²) in [5.41, 5.74) is 0.692. The molecule has 278 valence electrons. The van der Waals surface area contributed by atoms with E-state index in [1.165, 1.54) is 77.0 Å². The number of hydrogen-bond acceptors (Lipinski definition) is 10. The van der Waals surface area contributed by atoms with E-state index in [2.05, 4.69) is 0 Å². The molecule has 8 saturated carbocycles. The van der Waals surface area contributed by atoms with Crippen molar-refractivity contribution in [2.75, 3.05) is 26.4 Å². The van der Waals surface area contributed by atoms with Crippen molar-refractivity contribution >= 4 is 0 Å². The van der Waals surface area contributed by atoms with Crippen LogP contribution in [-0.2, 0) is 18.9 Å². The van der Waals surface area contributed by atoms with Crippen LogP contribution in [0.25, 0.3) is 0 Å². The molecule has 8 aliphatic carbocycles. The van der Waals surface area contributed by atoms with Crippen molar-refractivity contribution in [2.45, 2.75) is 154 Å². The van der Waals surface area contributed by atoms with E-state index in [4.69, 9.17) is 18.9 Å². The first-order valence-electron chi connectivity index (χ1n) is 19.0. The molecular weight excluding hydrogens is 616 g/mol. The molecule has 2 saturated heterocycles. The molecule has 10 heteroatoms. The minimum absolute atomic E-state index is 0. The number of ether oxygens (including phenoxy) is 4. The summed E-state index contributed by atoms with van der Waals surface area (Å²) in [4.78, 5) is 0. The third-order valence-electron chi connectivity index (χ3n) is 14.3. The fraction of sp³-hybridized carbons (Fsp3) is 1.00. The summed E-state index contributed by atoms with van der Waals surface area (Å²) < 4.78 is 23.2. The smallest absolute Gasteiger partial charge is 0.186 e. The molecule has 4 unspecified atom stereocenters. The first-order chi connectivity index (χ1) is 22.5. The summed E-state index contributed by atoms with van der Waals surface area (Å²) in [5.74, 6) is 4.76. The maximum atomic E-state index is 10.3. The molecule has 0 aromatic heterocycles. The monoisotopic (exact) mass is 682 g/mol. The zero-order valence-electron chi connectivity index (χ0n) is 28.6. The molecule has 0 amide bonds. The Kier molecular flexibility index (Phi) is 11.6. The van der Waals surface area contributed by atoms with Crippen molar-refractivity contribution < 1.29 is 49.6 Å². The summed E-state index contributed by atoms with van der Waals surface area (Å²) in [6, 6.07) is 0. The fourth-order valence-corrected chi connectivity index (χ4v) is 12.5. The van der Waals surface area contributed by atoms with E-state index < -0.39 is 49.2 Å². The Bertz CT molecular complexity index is 980. The Balaban J connectivity index is 0.000000164. The molecule has 10 aliphatic rings. The van der Waals surface area contributed by atoms with E-state index in [0.717, 1.165) is 41.9 Å². The van der Waals surface area contributed by atoms with Gasteiger partial charge in [0.05, 0.1) is 50.8 Å². The highest BCUT2D eigenvalue weighted by Crippen LogP contribution is 2.62. The summed E-state index contributed by atoms with van der Waals surface area (Å²) >= 11 is 0. The number of rotatable bonds is 9. The van der Waals surface area contributed by atoms with Crippen LogP contribution in [0.2, 0.25) is 0 Å². The van der Waals surface area contributed by atoms with Crippen LogP contribution < -0.4 is 0 Å². The van der Waals surface area contributed by atoms with Gasteiger partial charge in [0.25, 0.3) is 0 Å². The van der Waals surface area contributed by atoms with Gasteiger partial charge >= 0.3 is 0 Å². The molecule has 10 atom stereocenters. The lowest BCUT2D eigenvalue weighted by Crippen LogP contribution is -2.56. The largest absolute Gasteiger partial charge is 0.394 e. The molecule has 10 rings (SSSR count). The van der Waals surface area contributed by atoms with Gasteiger partial charge in [0.15, 0.2) is 12.6 Å². The van der Waals surface area contributed by atoms with Crippen molar-refractivity contribution in [3.05, 3.63) is 0 Å². The molecule has 0 spiro atoms. The number of aliphatic hydroxyl groups excluding tert-OH is 6. The molecule has 2 aliphatic heterocycles. The van der Waals surface area contributed by atoms with E-state index in [0.29, 0.717) is 18.6 Å². The molecule has 10 nitrogen and oxygen atoms in total. The van der Waals surface area contributed by atoms with Crippen LogP contribution in [0.3, 0.4) is 0 Å². The van der Waals surface area contributed by atoms with E-state index >= 15 is 0 Å². The SMILES string of the molecule is C.C[C@H]1C(CO)O[C@H](OCC23CC4CC(CC(C4)C2)C3)[C@H](O)C1O.C[C@H]1C(CO)O[C@H](OCCC23CC4CC(CC(C4)C2)C3)[C@H](O)C1O. The third-order valence-corrected chi connectivity index (χ3v) is 14.3. The van der Waals surface area contributed by atoms with Crippen molar-refractivity contribution in [3.63, 3.8) is 0 Å². The highest BCUT2D eigenvalue weighted by molar-refractivity contribution is 5.03. The Morgan fingerprint density at radius 3 is 1.27 bits per heavy atom. The van der Waals surface area contributed by atoms with Gasteiger partial charge in [0.1, 0.15) is 12.2 Å². The Morgan fingerprint density at radius 1 is 0.542 bits per heavy atom. The van der Waals surface area contributed by atoms with Crippen molar-refractivity contribution in [1.29, 1.82) is 0 Å². The second-order valence-electron chi connectivity index (χ2n) is 17.9. The van der Waals surface area contributed by atoms with Crippen LogP contribution in [0.15, 0.2) is 0 Å². The zero-order chi connectivity index (χ0) is 33.1. The zero-order valence-corrected chi connectivity index (χ0v) is 28.6. The topological polar surface area (TPSA) is 158 Å².